The van der Waals surface area contributed by atoms with Gasteiger partial charge < -0.3 is 29.7 Å². The third-order valence-corrected chi connectivity index (χ3v) is 14.2. The third kappa shape index (κ3) is 10.5. The number of carbonyl (C=O) groups is 3. The number of allylic oxidation sites excluding steroid dienone is 5. The minimum Gasteiger partial charge on any atom is -0.468 e. The number of fused-ring (bicyclic) bond motifs is 7. The SMILES string of the molecule is C=Cc1c2[nH]c(c1C)/C=C1\N/C(=C3\c4[nH]c(c(C)c4C(=O)[C@@H]3C(=O)OC)/C=c3\[nH]/c(c(C)c3CC)=C\2)[C@@H](CCC(=O)OC/C=C(\C)CCC/C(C)=C\CC[C@H](C)CCCC(C)C)[C@@H]1C. The highest BCUT2D eigenvalue weighted by Crippen LogP contribution is 2.48. The molecule has 3 aliphatic rings. The lowest BCUT2D eigenvalue weighted by Crippen LogP contribution is -2.25. The Bertz CT molecular complexity index is 2510. The van der Waals surface area contributed by atoms with Gasteiger partial charge in [-0.25, -0.2) is 0 Å². The molecule has 0 aromatic carbocycles. The second-order valence-corrected chi connectivity index (χ2v) is 19.3. The number of aromatic amines is 3. The topological polar surface area (TPSA) is 129 Å². The molecule has 0 saturated carbocycles. The van der Waals surface area contributed by atoms with Gasteiger partial charge >= 0.3 is 11.9 Å². The maximum absolute atomic E-state index is 14.4. The van der Waals surface area contributed by atoms with Gasteiger partial charge in [0.15, 0.2) is 5.78 Å². The van der Waals surface area contributed by atoms with Gasteiger partial charge in [-0.1, -0.05) is 83.8 Å². The van der Waals surface area contributed by atoms with Crippen molar-refractivity contribution in [2.45, 2.75) is 140 Å². The van der Waals surface area contributed by atoms with Gasteiger partial charge in [-0.2, -0.15) is 0 Å². The van der Waals surface area contributed by atoms with Crippen molar-refractivity contribution in [3.63, 3.8) is 0 Å². The predicted molar refractivity (Wildman–Crippen MR) is 262 cm³/mol. The number of Topliss-reactive ketones (excluding diaryl/α,β-unsaturated/α-hetero) is 1. The fraction of sp³-hybridized carbons (Fsp3) is 0.509. The van der Waals surface area contributed by atoms with Gasteiger partial charge in [-0.15, -0.1) is 0 Å². The van der Waals surface area contributed by atoms with E-state index in [4.69, 9.17) is 9.47 Å². The molecule has 0 spiro atoms. The van der Waals surface area contributed by atoms with Gasteiger partial charge in [0, 0.05) is 74.1 Å². The van der Waals surface area contributed by atoms with Crippen molar-refractivity contribution in [1.29, 1.82) is 0 Å². The van der Waals surface area contributed by atoms with Gasteiger partial charge in [-0.3, -0.25) is 14.4 Å². The second kappa shape index (κ2) is 21.1. The van der Waals surface area contributed by atoms with E-state index in [2.05, 4.69) is 113 Å². The zero-order valence-corrected chi connectivity index (χ0v) is 40.6. The van der Waals surface area contributed by atoms with Gasteiger partial charge in [-0.05, 0) is 138 Å². The molecule has 2 aliphatic heterocycles. The van der Waals surface area contributed by atoms with Crippen molar-refractivity contribution in [3.05, 3.63) is 108 Å². The van der Waals surface area contributed by atoms with Crippen LogP contribution in [0.25, 0.3) is 29.9 Å². The molecular weight excluding hydrogens is 797 g/mol. The van der Waals surface area contributed by atoms with Crippen molar-refractivity contribution in [3.8, 4) is 0 Å². The third-order valence-electron chi connectivity index (χ3n) is 14.2. The Morgan fingerprint density at radius 1 is 0.844 bits per heavy atom. The number of H-pyrrole nitrogens is 3. The zero-order valence-electron chi connectivity index (χ0n) is 40.6. The molecule has 3 aromatic rings. The van der Waals surface area contributed by atoms with Crippen molar-refractivity contribution in [2.24, 2.45) is 29.6 Å². The average Bonchev–Trinajstić information content (AvgIpc) is 3.99. The number of ether oxygens (including phenoxy) is 2. The molecule has 1 aliphatic carbocycles. The summed E-state index contributed by atoms with van der Waals surface area (Å²) in [6, 6.07) is 0. The normalized spacial score (nSPS) is 21.8. The van der Waals surface area contributed by atoms with Crippen LogP contribution in [-0.2, 0) is 25.5 Å². The Hall–Kier alpha value is -5.31. The van der Waals surface area contributed by atoms with Crippen LogP contribution in [0.5, 0.6) is 0 Å². The van der Waals surface area contributed by atoms with Crippen LogP contribution in [0.3, 0.4) is 0 Å². The van der Waals surface area contributed by atoms with Gasteiger partial charge in [0.05, 0.1) is 12.8 Å². The first-order valence-corrected chi connectivity index (χ1v) is 23.9. The molecule has 9 nitrogen and oxygen atoms in total. The fourth-order valence-electron chi connectivity index (χ4n) is 10.1. The molecule has 64 heavy (non-hydrogen) atoms. The molecule has 3 aromatic heterocycles. The molecule has 0 amide bonds. The van der Waals surface area contributed by atoms with Crippen molar-refractivity contribution in [2.75, 3.05) is 13.7 Å². The Morgan fingerprint density at radius 2 is 1.55 bits per heavy atom. The predicted octanol–water partition coefficient (Wildman–Crippen LogP) is 11.0. The highest BCUT2D eigenvalue weighted by molar-refractivity contribution is 6.24. The maximum atomic E-state index is 14.4. The zero-order chi connectivity index (χ0) is 46.4. The number of carbonyl (C=O) groups excluding carboxylic acids is 3. The van der Waals surface area contributed by atoms with Crippen molar-refractivity contribution in [1.82, 2.24) is 20.3 Å². The summed E-state index contributed by atoms with van der Waals surface area (Å²) in [5, 5.41) is 5.65. The van der Waals surface area contributed by atoms with E-state index in [1.807, 2.05) is 19.1 Å². The highest BCUT2D eigenvalue weighted by atomic mass is 16.5. The lowest BCUT2D eigenvalue weighted by atomic mass is 9.85. The first-order valence-electron chi connectivity index (χ1n) is 23.9. The Morgan fingerprint density at radius 3 is 2.23 bits per heavy atom. The molecule has 6 rings (SSSR count). The standard InChI is InChI=1S/C55H74N4O5/c1-13-39-35(8)42-28-44-37(10)41(24-25-48(60)64-27-26-34(7)23-17-22-33(6)21-16-20-32(5)19-15-18-31(3)4)52(58-44)50-51(55(62)63-12)54(61)49-38(11)45(59-53(49)50)30-47-40(14-2)36(9)43(57-47)29-46(39)56-42/h13,21,26,28-32,37,41,51,56-59H,1,14-20,22-25,27H2,2-12H3/b33-21-,34-26+,43-29-,44-28-,47-30-,52-50-/t32-,37+,41+,51-/m1/s1. The molecule has 0 radical (unpaired) electrons. The van der Waals surface area contributed by atoms with Gasteiger partial charge in [0.2, 0.25) is 0 Å². The van der Waals surface area contributed by atoms with Crippen LogP contribution < -0.4 is 16.0 Å². The van der Waals surface area contributed by atoms with E-state index >= 15 is 0 Å². The fourth-order valence-corrected chi connectivity index (χ4v) is 10.1. The molecular formula is C55H74N4O5. The lowest BCUT2D eigenvalue weighted by molar-refractivity contribution is -0.143. The summed E-state index contributed by atoms with van der Waals surface area (Å²) in [6.45, 7) is 26.2. The summed E-state index contributed by atoms with van der Waals surface area (Å²) in [4.78, 5) is 52.4. The number of esters is 2. The second-order valence-electron chi connectivity index (χ2n) is 19.3. The van der Waals surface area contributed by atoms with E-state index in [1.165, 1.54) is 49.5 Å². The summed E-state index contributed by atoms with van der Waals surface area (Å²) in [5.74, 6) is -1.08. The summed E-state index contributed by atoms with van der Waals surface area (Å²) in [7, 11) is 1.32. The van der Waals surface area contributed by atoms with E-state index in [1.54, 1.807) is 0 Å². The summed E-state index contributed by atoms with van der Waals surface area (Å²) >= 11 is 0. The van der Waals surface area contributed by atoms with Crippen LogP contribution in [0.2, 0.25) is 0 Å². The van der Waals surface area contributed by atoms with Crippen LogP contribution in [0.1, 0.15) is 174 Å². The summed E-state index contributed by atoms with van der Waals surface area (Å²) in [5.41, 5.74) is 13.9. The number of aromatic nitrogens is 3. The van der Waals surface area contributed by atoms with E-state index < -0.39 is 11.9 Å². The minimum absolute atomic E-state index is 0.0921. The summed E-state index contributed by atoms with van der Waals surface area (Å²) < 4.78 is 11.1. The number of methoxy groups -OCH3 is 1. The first kappa shape index (κ1) is 48.2. The number of hydrogen-bond donors (Lipinski definition) is 4. The minimum atomic E-state index is -1.15. The number of hydrogen-bond acceptors (Lipinski definition) is 6. The number of ketones is 1. The van der Waals surface area contributed by atoms with E-state index in [-0.39, 0.29) is 36.6 Å². The van der Waals surface area contributed by atoms with Crippen LogP contribution in [0.15, 0.2) is 41.3 Å². The molecule has 1 fully saturated rings. The molecule has 4 atom stereocenters. The van der Waals surface area contributed by atoms with Gasteiger partial charge in [0.25, 0.3) is 0 Å². The molecule has 5 heterocycles. The van der Waals surface area contributed by atoms with E-state index in [0.29, 0.717) is 23.3 Å². The Kier molecular flexibility index (Phi) is 15.9. The van der Waals surface area contributed by atoms with Crippen LogP contribution in [0.4, 0.5) is 0 Å². The molecule has 1 saturated heterocycles. The number of nitrogens with one attached hydrogen (secondary N) is 4. The molecule has 9 heteroatoms. The largest absolute Gasteiger partial charge is 0.468 e. The van der Waals surface area contributed by atoms with Crippen LogP contribution in [-0.4, -0.2) is 46.4 Å². The Balaban J connectivity index is 1.23. The lowest BCUT2D eigenvalue weighted by Gasteiger charge is -2.19. The average molecular weight is 871 g/mol. The maximum Gasteiger partial charge on any atom is 0.321 e. The molecule has 344 valence electrons. The van der Waals surface area contributed by atoms with E-state index in [0.717, 1.165) is 105 Å². The number of rotatable bonds is 19. The quantitative estimate of drug-likeness (QED) is 0.0539. The van der Waals surface area contributed by atoms with Crippen molar-refractivity contribution >= 4 is 47.6 Å². The monoisotopic (exact) mass is 871 g/mol. The van der Waals surface area contributed by atoms with Gasteiger partial charge in [0.1, 0.15) is 12.5 Å². The van der Waals surface area contributed by atoms with Crippen LogP contribution in [0, 0.1) is 50.4 Å². The molecule has 0 unspecified atom stereocenters. The van der Waals surface area contributed by atoms with E-state index in [9.17, 15) is 14.4 Å². The van der Waals surface area contributed by atoms with Crippen LogP contribution >= 0.6 is 0 Å². The molecule has 4 N–H and O–H groups in total. The summed E-state index contributed by atoms with van der Waals surface area (Å²) in [6.07, 6.45) is 23.6. The molecule has 8 bridgehead atoms. The Labute approximate surface area is 381 Å². The van der Waals surface area contributed by atoms with Crippen molar-refractivity contribution < 1.29 is 23.9 Å². The first-order chi connectivity index (χ1) is 30.6. The highest BCUT2D eigenvalue weighted by Gasteiger charge is 2.48. The smallest absolute Gasteiger partial charge is 0.321 e.